The van der Waals surface area contributed by atoms with Crippen molar-refractivity contribution in [2.24, 2.45) is 5.73 Å². The molecule has 2 aromatic carbocycles. The van der Waals surface area contributed by atoms with E-state index in [0.29, 0.717) is 0 Å². The summed E-state index contributed by atoms with van der Waals surface area (Å²) in [7, 11) is 1.70. The maximum atomic E-state index is 6.00. The molecular formula is C19H22N2O. The van der Waals surface area contributed by atoms with Gasteiger partial charge in [0, 0.05) is 30.2 Å². The molecule has 0 spiro atoms. The van der Waals surface area contributed by atoms with Crippen LogP contribution in [0.15, 0.2) is 54.7 Å². The van der Waals surface area contributed by atoms with Crippen LogP contribution < -0.4 is 10.5 Å². The van der Waals surface area contributed by atoms with Crippen LogP contribution >= 0.6 is 0 Å². The number of hydrogen-bond acceptors (Lipinski definition) is 2. The molecule has 3 aromatic rings. The van der Waals surface area contributed by atoms with E-state index in [9.17, 15) is 0 Å². The van der Waals surface area contributed by atoms with Crippen molar-refractivity contribution in [1.82, 2.24) is 4.57 Å². The van der Waals surface area contributed by atoms with Gasteiger partial charge in [-0.2, -0.15) is 0 Å². The lowest BCUT2D eigenvalue weighted by molar-refractivity contribution is 0.415. The van der Waals surface area contributed by atoms with Gasteiger partial charge in [-0.3, -0.25) is 0 Å². The molecular weight excluding hydrogens is 272 g/mol. The Labute approximate surface area is 131 Å². The minimum absolute atomic E-state index is 0.151. The Balaban J connectivity index is 2.07. The lowest BCUT2D eigenvalue weighted by Crippen LogP contribution is -2.17. The van der Waals surface area contributed by atoms with E-state index in [1.165, 1.54) is 22.0 Å². The Kier molecular flexibility index (Phi) is 4.16. The Morgan fingerprint density at radius 1 is 1.14 bits per heavy atom. The Morgan fingerprint density at radius 2 is 1.91 bits per heavy atom. The summed E-state index contributed by atoms with van der Waals surface area (Å²) in [6.45, 7) is 2.90. The monoisotopic (exact) mass is 294 g/mol. The van der Waals surface area contributed by atoms with Crippen molar-refractivity contribution in [3.8, 4) is 5.75 Å². The summed E-state index contributed by atoms with van der Waals surface area (Å²) in [6.07, 6.45) is 3.10. The van der Waals surface area contributed by atoms with Crippen LogP contribution in [0.5, 0.6) is 5.75 Å². The molecule has 0 aliphatic heterocycles. The van der Waals surface area contributed by atoms with Gasteiger partial charge in [-0.05, 0) is 36.6 Å². The fourth-order valence-corrected chi connectivity index (χ4v) is 2.90. The summed E-state index contributed by atoms with van der Waals surface area (Å²) in [5, 5.41) is 1.26. The zero-order valence-corrected chi connectivity index (χ0v) is 13.1. The first kappa shape index (κ1) is 14.7. The molecule has 0 aliphatic carbocycles. The average molecular weight is 294 g/mol. The van der Waals surface area contributed by atoms with Crippen LogP contribution in [0.25, 0.3) is 10.9 Å². The molecule has 0 saturated carbocycles. The summed E-state index contributed by atoms with van der Waals surface area (Å²) < 4.78 is 7.66. The van der Waals surface area contributed by atoms with Crippen LogP contribution in [0, 0.1) is 0 Å². The van der Waals surface area contributed by atoms with Crippen molar-refractivity contribution in [3.63, 3.8) is 0 Å². The van der Waals surface area contributed by atoms with E-state index in [4.69, 9.17) is 10.5 Å². The van der Waals surface area contributed by atoms with Crippen LogP contribution in [0.4, 0.5) is 0 Å². The molecule has 3 rings (SSSR count). The fourth-order valence-electron chi connectivity index (χ4n) is 2.90. The van der Waals surface area contributed by atoms with E-state index in [-0.39, 0.29) is 6.04 Å². The van der Waals surface area contributed by atoms with Gasteiger partial charge in [0.05, 0.1) is 12.6 Å². The molecule has 3 nitrogen and oxygen atoms in total. The molecule has 3 heteroatoms. The zero-order valence-electron chi connectivity index (χ0n) is 13.1. The summed E-state index contributed by atoms with van der Waals surface area (Å²) in [6, 6.07) is 16.9. The van der Waals surface area contributed by atoms with Crippen molar-refractivity contribution in [2.45, 2.75) is 25.9 Å². The van der Waals surface area contributed by atoms with E-state index in [2.05, 4.69) is 47.2 Å². The largest absolute Gasteiger partial charge is 0.497 e. The lowest BCUT2D eigenvalue weighted by atomic mass is 10.1. The van der Waals surface area contributed by atoms with Crippen LogP contribution in [-0.4, -0.2) is 17.7 Å². The predicted octanol–water partition coefficient (Wildman–Crippen LogP) is 3.59. The number of aromatic nitrogens is 1. The standard InChI is InChI=1S/C19H22N2O/c1-14(20)10-16-13-21(12-15-6-4-3-5-7-15)19-11-17(22-2)8-9-18(16)19/h3-9,11,13-14H,10,12,20H2,1-2H3. The zero-order chi connectivity index (χ0) is 15.5. The van der Waals surface area contributed by atoms with Crippen molar-refractivity contribution in [1.29, 1.82) is 0 Å². The van der Waals surface area contributed by atoms with Crippen LogP contribution in [0.3, 0.4) is 0 Å². The van der Waals surface area contributed by atoms with Crippen molar-refractivity contribution >= 4 is 10.9 Å². The number of hydrogen-bond donors (Lipinski definition) is 1. The van der Waals surface area contributed by atoms with Crippen molar-refractivity contribution in [2.75, 3.05) is 7.11 Å². The first-order chi connectivity index (χ1) is 10.7. The average Bonchev–Trinajstić information content (AvgIpc) is 2.84. The predicted molar refractivity (Wildman–Crippen MR) is 91.4 cm³/mol. The lowest BCUT2D eigenvalue weighted by Gasteiger charge is -2.06. The number of ether oxygens (including phenoxy) is 1. The number of fused-ring (bicyclic) bond motifs is 1. The van der Waals surface area contributed by atoms with Crippen LogP contribution in [0.2, 0.25) is 0 Å². The highest BCUT2D eigenvalue weighted by molar-refractivity contribution is 5.85. The molecule has 2 N–H and O–H groups in total. The highest BCUT2D eigenvalue weighted by atomic mass is 16.5. The molecule has 1 heterocycles. The molecule has 1 atom stereocenters. The first-order valence-corrected chi connectivity index (χ1v) is 7.62. The first-order valence-electron chi connectivity index (χ1n) is 7.62. The van der Waals surface area contributed by atoms with Gasteiger partial charge >= 0.3 is 0 Å². The second-order valence-corrected chi connectivity index (χ2v) is 5.83. The van der Waals surface area contributed by atoms with Gasteiger partial charge in [-0.15, -0.1) is 0 Å². The minimum atomic E-state index is 0.151. The second-order valence-electron chi connectivity index (χ2n) is 5.83. The third-order valence-electron chi connectivity index (χ3n) is 3.91. The van der Waals surface area contributed by atoms with Gasteiger partial charge in [0.2, 0.25) is 0 Å². The van der Waals surface area contributed by atoms with E-state index in [0.717, 1.165) is 18.7 Å². The Bertz CT molecular complexity index is 760. The van der Waals surface area contributed by atoms with Gasteiger partial charge in [-0.1, -0.05) is 30.3 Å². The molecule has 1 unspecified atom stereocenters. The minimum Gasteiger partial charge on any atom is -0.497 e. The molecule has 114 valence electrons. The highest BCUT2D eigenvalue weighted by Crippen LogP contribution is 2.27. The second kappa shape index (κ2) is 6.24. The Morgan fingerprint density at radius 3 is 2.59 bits per heavy atom. The number of benzene rings is 2. The summed E-state index contributed by atoms with van der Waals surface area (Å²) in [5.74, 6) is 0.882. The number of nitrogens with zero attached hydrogens (tertiary/aromatic N) is 1. The molecule has 0 amide bonds. The summed E-state index contributed by atoms with van der Waals surface area (Å²) >= 11 is 0. The molecule has 22 heavy (non-hydrogen) atoms. The third-order valence-corrected chi connectivity index (χ3v) is 3.91. The molecule has 0 bridgehead atoms. The number of rotatable bonds is 5. The van der Waals surface area contributed by atoms with Crippen molar-refractivity contribution < 1.29 is 4.74 Å². The topological polar surface area (TPSA) is 40.2 Å². The fraction of sp³-hybridized carbons (Fsp3) is 0.263. The number of methoxy groups -OCH3 is 1. The summed E-state index contributed by atoms with van der Waals surface area (Å²) in [4.78, 5) is 0. The van der Waals surface area contributed by atoms with E-state index in [1.807, 2.05) is 19.1 Å². The molecule has 0 saturated heterocycles. The van der Waals surface area contributed by atoms with E-state index >= 15 is 0 Å². The van der Waals surface area contributed by atoms with Crippen LogP contribution in [-0.2, 0) is 13.0 Å². The smallest absolute Gasteiger partial charge is 0.120 e. The van der Waals surface area contributed by atoms with Crippen LogP contribution in [0.1, 0.15) is 18.1 Å². The molecule has 0 radical (unpaired) electrons. The van der Waals surface area contributed by atoms with Gasteiger partial charge in [0.1, 0.15) is 5.75 Å². The quantitative estimate of drug-likeness (QED) is 0.781. The van der Waals surface area contributed by atoms with Gasteiger partial charge in [0.25, 0.3) is 0 Å². The van der Waals surface area contributed by atoms with Crippen molar-refractivity contribution in [3.05, 3.63) is 65.9 Å². The number of nitrogens with two attached hydrogens (primary N) is 1. The molecule has 0 aliphatic rings. The maximum absolute atomic E-state index is 6.00. The van der Waals surface area contributed by atoms with E-state index in [1.54, 1.807) is 7.11 Å². The highest BCUT2D eigenvalue weighted by Gasteiger charge is 2.11. The maximum Gasteiger partial charge on any atom is 0.120 e. The van der Waals surface area contributed by atoms with Gasteiger partial charge in [0.15, 0.2) is 0 Å². The Hall–Kier alpha value is -2.26. The van der Waals surface area contributed by atoms with E-state index < -0.39 is 0 Å². The summed E-state index contributed by atoms with van der Waals surface area (Å²) in [5.41, 5.74) is 9.77. The van der Waals surface area contributed by atoms with Gasteiger partial charge in [-0.25, -0.2) is 0 Å². The SMILES string of the molecule is COc1ccc2c(CC(C)N)cn(Cc3ccccc3)c2c1. The third kappa shape index (κ3) is 3.00. The molecule has 1 aromatic heterocycles. The van der Waals surface area contributed by atoms with Gasteiger partial charge < -0.3 is 15.0 Å². The molecule has 0 fully saturated rings. The normalized spacial score (nSPS) is 12.5.